The van der Waals surface area contributed by atoms with E-state index < -0.39 is 12.0 Å². The minimum atomic E-state index is -0.704. The van der Waals surface area contributed by atoms with Crippen molar-refractivity contribution in [3.05, 3.63) is 39.8 Å². The summed E-state index contributed by atoms with van der Waals surface area (Å²) in [6, 6.07) is 6.55. The molecule has 1 unspecified atom stereocenters. The minimum Gasteiger partial charge on any atom is -0.497 e. The number of nitrogens with zero attached hydrogens (tertiary/aromatic N) is 1. The lowest BCUT2D eigenvalue weighted by atomic mass is 10.2. The molecule has 0 fully saturated rings. The monoisotopic (exact) mass is 312 g/mol. The topological polar surface area (TPSA) is 60.5 Å². The van der Waals surface area contributed by atoms with E-state index in [4.69, 9.17) is 21.1 Å². The second kappa shape index (κ2) is 6.58. The first kappa shape index (κ1) is 14.6. The van der Waals surface area contributed by atoms with Gasteiger partial charge in [-0.1, -0.05) is 17.7 Å². The van der Waals surface area contributed by atoms with Crippen LogP contribution in [0, 0.1) is 0 Å². The van der Waals surface area contributed by atoms with Gasteiger partial charge in [-0.15, -0.1) is 11.3 Å². The smallest absolute Gasteiger partial charge is 0.335 e. The first-order valence-electron chi connectivity index (χ1n) is 5.73. The molecule has 0 spiro atoms. The number of halogens is 1. The van der Waals surface area contributed by atoms with Crippen LogP contribution in [0.15, 0.2) is 30.5 Å². The highest BCUT2D eigenvalue weighted by Gasteiger charge is 2.24. The molecule has 1 aromatic heterocycles. The quantitative estimate of drug-likeness (QED) is 0.859. The van der Waals surface area contributed by atoms with Crippen molar-refractivity contribution in [2.24, 2.45) is 0 Å². The summed E-state index contributed by atoms with van der Waals surface area (Å²) < 4.78 is 10.5. The van der Waals surface area contributed by atoms with E-state index in [2.05, 4.69) is 10.3 Å². The third-order valence-electron chi connectivity index (χ3n) is 2.56. The predicted molar refractivity (Wildman–Crippen MR) is 78.5 cm³/mol. The summed E-state index contributed by atoms with van der Waals surface area (Å²) in [5.74, 6) is 0.259. The molecule has 20 heavy (non-hydrogen) atoms. The number of hydrogen-bond acceptors (Lipinski definition) is 6. The van der Waals surface area contributed by atoms with Gasteiger partial charge in [0.25, 0.3) is 0 Å². The molecule has 1 aromatic carbocycles. The van der Waals surface area contributed by atoms with Crippen LogP contribution < -0.4 is 10.1 Å². The van der Waals surface area contributed by atoms with Crippen LogP contribution in [0.4, 0.5) is 5.69 Å². The van der Waals surface area contributed by atoms with E-state index in [1.807, 2.05) is 18.2 Å². The van der Waals surface area contributed by atoms with E-state index in [9.17, 15) is 4.79 Å². The number of carbonyl (C=O) groups excluding carboxylic acids is 1. The van der Waals surface area contributed by atoms with Crippen molar-refractivity contribution in [1.82, 2.24) is 4.98 Å². The highest BCUT2D eigenvalue weighted by molar-refractivity contribution is 7.16. The van der Waals surface area contributed by atoms with Crippen molar-refractivity contribution >= 4 is 34.6 Å². The molecule has 7 heteroatoms. The van der Waals surface area contributed by atoms with Crippen molar-refractivity contribution < 1.29 is 14.3 Å². The van der Waals surface area contributed by atoms with Gasteiger partial charge in [0.1, 0.15) is 15.1 Å². The molecule has 0 radical (unpaired) electrons. The fourth-order valence-corrected chi connectivity index (χ4v) is 2.59. The molecule has 0 aliphatic heterocycles. The fourth-order valence-electron chi connectivity index (χ4n) is 1.62. The molecule has 1 N–H and O–H groups in total. The molecular formula is C13H13ClN2O3S. The van der Waals surface area contributed by atoms with Gasteiger partial charge in [-0.05, 0) is 12.1 Å². The second-order valence-electron chi connectivity index (χ2n) is 3.84. The van der Waals surface area contributed by atoms with E-state index in [0.29, 0.717) is 15.1 Å². The summed E-state index contributed by atoms with van der Waals surface area (Å²) >= 11 is 7.09. The predicted octanol–water partition coefficient (Wildman–Crippen LogP) is 3.13. The van der Waals surface area contributed by atoms with Crippen LogP contribution in [-0.2, 0) is 9.53 Å². The number of anilines is 1. The van der Waals surface area contributed by atoms with Crippen molar-refractivity contribution in [3.63, 3.8) is 0 Å². The molecule has 0 aliphatic rings. The summed E-state index contributed by atoms with van der Waals surface area (Å²) in [4.78, 5) is 16.0. The zero-order chi connectivity index (χ0) is 14.5. The van der Waals surface area contributed by atoms with Gasteiger partial charge in [0.05, 0.1) is 20.4 Å². The lowest BCUT2D eigenvalue weighted by Crippen LogP contribution is -2.22. The third kappa shape index (κ3) is 3.40. The van der Waals surface area contributed by atoms with Gasteiger partial charge in [-0.25, -0.2) is 9.78 Å². The SMILES string of the molecule is COC(=O)C(Nc1cccc(OC)c1)c1ncc(Cl)s1. The van der Waals surface area contributed by atoms with Gasteiger partial charge in [0.15, 0.2) is 6.04 Å². The molecule has 0 saturated carbocycles. The van der Waals surface area contributed by atoms with Crippen molar-refractivity contribution in [1.29, 1.82) is 0 Å². The molecule has 0 saturated heterocycles. The largest absolute Gasteiger partial charge is 0.497 e. The van der Waals surface area contributed by atoms with E-state index in [1.54, 1.807) is 13.2 Å². The summed E-state index contributed by atoms with van der Waals surface area (Å²) in [6.45, 7) is 0. The lowest BCUT2D eigenvalue weighted by Gasteiger charge is -2.15. The number of thiazole rings is 1. The summed E-state index contributed by atoms with van der Waals surface area (Å²) in [5, 5.41) is 3.61. The molecule has 1 heterocycles. The first-order chi connectivity index (χ1) is 9.63. The maximum Gasteiger partial charge on any atom is 0.335 e. The van der Waals surface area contributed by atoms with E-state index in [0.717, 1.165) is 5.69 Å². The average molecular weight is 313 g/mol. The Hall–Kier alpha value is -1.79. The van der Waals surface area contributed by atoms with Crippen LogP contribution in [0.3, 0.4) is 0 Å². The highest BCUT2D eigenvalue weighted by Crippen LogP contribution is 2.28. The number of rotatable bonds is 5. The standard InChI is InChI=1S/C13H13ClN2O3S/c1-18-9-5-3-4-8(6-9)16-11(13(17)19-2)12-15-7-10(14)20-12/h3-7,11,16H,1-2H3. The number of nitrogens with one attached hydrogen (secondary N) is 1. The van der Waals surface area contributed by atoms with E-state index >= 15 is 0 Å². The molecule has 2 aromatic rings. The Kier molecular flexibility index (Phi) is 4.81. The minimum absolute atomic E-state index is 0.432. The summed E-state index contributed by atoms with van der Waals surface area (Å²) in [7, 11) is 2.91. The van der Waals surface area contributed by atoms with Crippen LogP contribution in [0.5, 0.6) is 5.75 Å². The molecule has 1 atom stereocenters. The number of esters is 1. The summed E-state index contributed by atoms with van der Waals surface area (Å²) in [6.07, 6.45) is 1.50. The molecule has 0 amide bonds. The number of ether oxygens (including phenoxy) is 2. The molecule has 0 aliphatic carbocycles. The first-order valence-corrected chi connectivity index (χ1v) is 6.93. The van der Waals surface area contributed by atoms with Crippen molar-refractivity contribution in [2.75, 3.05) is 19.5 Å². The van der Waals surface area contributed by atoms with Gasteiger partial charge in [0.2, 0.25) is 0 Å². The Balaban J connectivity index is 2.25. The van der Waals surface area contributed by atoms with Crippen molar-refractivity contribution in [2.45, 2.75) is 6.04 Å². The van der Waals surface area contributed by atoms with Gasteiger partial charge in [-0.3, -0.25) is 0 Å². The van der Waals surface area contributed by atoms with Gasteiger partial charge in [0, 0.05) is 11.8 Å². The molecule has 5 nitrogen and oxygen atoms in total. The Labute approximate surface area is 125 Å². The van der Waals surface area contributed by atoms with Gasteiger partial charge >= 0.3 is 5.97 Å². The maximum atomic E-state index is 11.9. The Morgan fingerprint density at radius 3 is 2.85 bits per heavy atom. The van der Waals surface area contributed by atoms with Crippen LogP contribution in [0.25, 0.3) is 0 Å². The summed E-state index contributed by atoms with van der Waals surface area (Å²) in [5.41, 5.74) is 0.728. The molecule has 2 rings (SSSR count). The van der Waals surface area contributed by atoms with Crippen LogP contribution in [0.1, 0.15) is 11.0 Å². The van der Waals surface area contributed by atoms with Gasteiger partial charge < -0.3 is 14.8 Å². The fraction of sp³-hybridized carbons (Fsp3) is 0.231. The van der Waals surface area contributed by atoms with Gasteiger partial charge in [-0.2, -0.15) is 0 Å². The number of hydrogen-bond donors (Lipinski definition) is 1. The maximum absolute atomic E-state index is 11.9. The Morgan fingerprint density at radius 1 is 1.45 bits per heavy atom. The molecule has 0 bridgehead atoms. The Morgan fingerprint density at radius 2 is 2.25 bits per heavy atom. The third-order valence-corrected chi connectivity index (χ3v) is 3.74. The number of benzene rings is 1. The number of methoxy groups -OCH3 is 2. The number of carbonyl (C=O) groups is 1. The second-order valence-corrected chi connectivity index (χ2v) is 5.53. The normalized spacial score (nSPS) is 11.8. The number of aromatic nitrogens is 1. The van der Waals surface area contributed by atoms with E-state index in [1.165, 1.54) is 24.6 Å². The zero-order valence-electron chi connectivity index (χ0n) is 10.9. The lowest BCUT2D eigenvalue weighted by molar-refractivity contribution is -0.141. The van der Waals surface area contributed by atoms with Crippen LogP contribution >= 0.6 is 22.9 Å². The molecular weight excluding hydrogens is 300 g/mol. The van der Waals surface area contributed by atoms with E-state index in [-0.39, 0.29) is 0 Å². The van der Waals surface area contributed by atoms with Crippen LogP contribution in [-0.4, -0.2) is 25.2 Å². The van der Waals surface area contributed by atoms with Crippen molar-refractivity contribution in [3.8, 4) is 5.75 Å². The highest BCUT2D eigenvalue weighted by atomic mass is 35.5. The zero-order valence-corrected chi connectivity index (χ0v) is 12.5. The average Bonchev–Trinajstić information content (AvgIpc) is 2.90. The van der Waals surface area contributed by atoms with Crippen LogP contribution in [0.2, 0.25) is 4.34 Å². The molecule has 106 valence electrons. The Bertz CT molecular complexity index is 603.